The summed E-state index contributed by atoms with van der Waals surface area (Å²) in [4.78, 5) is 33.1. The predicted molar refractivity (Wildman–Crippen MR) is 121 cm³/mol. The molecule has 166 valence electrons. The first-order valence-electron chi connectivity index (χ1n) is 10.6. The van der Waals surface area contributed by atoms with Gasteiger partial charge in [-0.2, -0.15) is 5.10 Å². The lowest BCUT2D eigenvalue weighted by atomic mass is 10.1. The Kier molecular flexibility index (Phi) is 7.28. The lowest BCUT2D eigenvalue weighted by Crippen LogP contribution is -2.55. The van der Waals surface area contributed by atoms with Crippen molar-refractivity contribution >= 4 is 23.5 Å². The van der Waals surface area contributed by atoms with E-state index >= 15 is 0 Å². The number of aromatic nitrogens is 2. The maximum absolute atomic E-state index is 12.7. The van der Waals surface area contributed by atoms with E-state index in [2.05, 4.69) is 20.7 Å². The van der Waals surface area contributed by atoms with Gasteiger partial charge < -0.3 is 20.4 Å². The third-order valence-electron chi connectivity index (χ3n) is 5.36. The molecular weight excluding hydrogens is 394 g/mol. The minimum Gasteiger partial charge on any atom is -0.352 e. The second kappa shape index (κ2) is 10.1. The van der Waals surface area contributed by atoms with Crippen molar-refractivity contribution < 1.29 is 9.59 Å². The maximum Gasteiger partial charge on any atom is 0.251 e. The standard InChI is InChI=1S/C22H31N7O2/c1-5-16(2)26-21(31)18-8-6-7-17(11-18)12-24-22(23-3)28-9-10-29(20(30)15-28)19-13-25-27(4)14-19/h6-8,11,13-14,16H,5,9-10,12,15H2,1-4H3,(H,23,24)(H,26,31). The Balaban J connectivity index is 1.58. The number of aliphatic imine (C=N–C) groups is 1. The molecule has 0 aliphatic carbocycles. The Morgan fingerprint density at radius 2 is 2.13 bits per heavy atom. The smallest absolute Gasteiger partial charge is 0.251 e. The molecule has 1 fully saturated rings. The van der Waals surface area contributed by atoms with Crippen molar-refractivity contribution in [1.29, 1.82) is 0 Å². The van der Waals surface area contributed by atoms with Crippen LogP contribution in [0, 0.1) is 0 Å². The van der Waals surface area contributed by atoms with Crippen LogP contribution in [0.1, 0.15) is 36.2 Å². The monoisotopic (exact) mass is 425 g/mol. The third-order valence-corrected chi connectivity index (χ3v) is 5.36. The van der Waals surface area contributed by atoms with Crippen LogP contribution < -0.4 is 15.5 Å². The Morgan fingerprint density at radius 3 is 2.77 bits per heavy atom. The quantitative estimate of drug-likeness (QED) is 0.539. The zero-order valence-corrected chi connectivity index (χ0v) is 18.6. The number of benzene rings is 1. The van der Waals surface area contributed by atoms with Gasteiger partial charge in [0.1, 0.15) is 6.54 Å². The third kappa shape index (κ3) is 5.62. The zero-order chi connectivity index (χ0) is 22.4. The fraction of sp³-hybridized carbons (Fsp3) is 0.455. The summed E-state index contributed by atoms with van der Waals surface area (Å²) in [5.41, 5.74) is 2.41. The van der Waals surface area contributed by atoms with Crippen LogP contribution in [-0.2, 0) is 18.4 Å². The van der Waals surface area contributed by atoms with Gasteiger partial charge in [0.25, 0.3) is 5.91 Å². The number of aryl methyl sites for hydroxylation is 1. The maximum atomic E-state index is 12.7. The van der Waals surface area contributed by atoms with Gasteiger partial charge in [-0.3, -0.25) is 19.3 Å². The molecule has 2 aromatic rings. The summed E-state index contributed by atoms with van der Waals surface area (Å²) in [5.74, 6) is 0.595. The number of hydrogen-bond donors (Lipinski definition) is 2. The molecule has 3 rings (SSSR count). The summed E-state index contributed by atoms with van der Waals surface area (Å²) in [6, 6.07) is 7.67. The molecule has 1 atom stereocenters. The van der Waals surface area contributed by atoms with E-state index < -0.39 is 0 Å². The molecule has 9 nitrogen and oxygen atoms in total. The molecule has 1 aliphatic rings. The SMILES string of the molecule is CCC(C)NC(=O)c1cccc(CNC(=NC)N2CCN(c3cnn(C)c3)C(=O)C2)c1. The number of anilines is 1. The van der Waals surface area contributed by atoms with E-state index in [-0.39, 0.29) is 24.4 Å². The predicted octanol–water partition coefficient (Wildman–Crippen LogP) is 1.37. The normalized spacial score (nSPS) is 15.7. The summed E-state index contributed by atoms with van der Waals surface area (Å²) in [6.45, 7) is 6.01. The molecule has 1 aromatic carbocycles. The molecular formula is C22H31N7O2. The van der Waals surface area contributed by atoms with Crippen LogP contribution >= 0.6 is 0 Å². The number of nitrogens with one attached hydrogen (secondary N) is 2. The van der Waals surface area contributed by atoms with Gasteiger partial charge >= 0.3 is 0 Å². The fourth-order valence-electron chi connectivity index (χ4n) is 3.42. The van der Waals surface area contributed by atoms with Gasteiger partial charge in [0.15, 0.2) is 5.96 Å². The van der Waals surface area contributed by atoms with Crippen LogP contribution in [0.2, 0.25) is 0 Å². The molecule has 0 saturated carbocycles. The first-order valence-corrected chi connectivity index (χ1v) is 10.6. The number of piperazine rings is 1. The van der Waals surface area contributed by atoms with Crippen LogP contribution in [0.3, 0.4) is 0 Å². The molecule has 9 heteroatoms. The number of guanidine groups is 1. The highest BCUT2D eigenvalue weighted by molar-refractivity contribution is 5.98. The van der Waals surface area contributed by atoms with Gasteiger partial charge in [-0.25, -0.2) is 0 Å². The topological polar surface area (TPSA) is 94.9 Å². The summed E-state index contributed by atoms with van der Waals surface area (Å²) in [7, 11) is 3.54. The van der Waals surface area contributed by atoms with E-state index in [1.165, 1.54) is 0 Å². The van der Waals surface area contributed by atoms with E-state index in [0.29, 0.717) is 31.2 Å². The second-order valence-corrected chi connectivity index (χ2v) is 7.72. The molecule has 2 N–H and O–H groups in total. The minimum atomic E-state index is -0.0716. The van der Waals surface area contributed by atoms with Crippen molar-refractivity contribution in [2.75, 3.05) is 31.6 Å². The lowest BCUT2D eigenvalue weighted by molar-refractivity contribution is -0.120. The van der Waals surface area contributed by atoms with Crippen molar-refractivity contribution in [3.05, 3.63) is 47.8 Å². The molecule has 1 saturated heterocycles. The summed E-state index contributed by atoms with van der Waals surface area (Å²) in [6.07, 6.45) is 4.42. The van der Waals surface area contributed by atoms with Gasteiger partial charge in [0.2, 0.25) is 5.91 Å². The summed E-state index contributed by atoms with van der Waals surface area (Å²) >= 11 is 0. The molecule has 1 unspecified atom stereocenters. The average molecular weight is 426 g/mol. The largest absolute Gasteiger partial charge is 0.352 e. The van der Waals surface area contributed by atoms with E-state index in [0.717, 1.165) is 17.7 Å². The summed E-state index contributed by atoms with van der Waals surface area (Å²) < 4.78 is 1.69. The van der Waals surface area contributed by atoms with Crippen LogP contribution in [0.5, 0.6) is 0 Å². The Morgan fingerprint density at radius 1 is 1.32 bits per heavy atom. The van der Waals surface area contributed by atoms with Gasteiger partial charge in [-0.1, -0.05) is 19.1 Å². The number of carbonyl (C=O) groups excluding carboxylic acids is 2. The highest BCUT2D eigenvalue weighted by Crippen LogP contribution is 2.16. The number of rotatable bonds is 6. The van der Waals surface area contributed by atoms with Crippen LogP contribution in [0.25, 0.3) is 0 Å². The molecule has 0 radical (unpaired) electrons. The number of hydrogen-bond acceptors (Lipinski definition) is 4. The second-order valence-electron chi connectivity index (χ2n) is 7.72. The Hall–Kier alpha value is -3.36. The molecule has 2 heterocycles. The fourth-order valence-corrected chi connectivity index (χ4v) is 3.42. The number of amides is 2. The molecule has 2 amide bonds. The molecule has 0 bridgehead atoms. The molecule has 1 aromatic heterocycles. The van der Waals surface area contributed by atoms with Crippen molar-refractivity contribution in [1.82, 2.24) is 25.3 Å². The number of nitrogens with zero attached hydrogens (tertiary/aromatic N) is 5. The van der Waals surface area contributed by atoms with Crippen molar-refractivity contribution in [3.63, 3.8) is 0 Å². The van der Waals surface area contributed by atoms with E-state index in [1.807, 2.05) is 56.3 Å². The first kappa shape index (κ1) is 22.3. The average Bonchev–Trinajstić information content (AvgIpc) is 3.20. The number of carbonyl (C=O) groups is 2. The van der Waals surface area contributed by atoms with Gasteiger partial charge in [0.05, 0.1) is 11.9 Å². The molecule has 1 aliphatic heterocycles. The Labute approximate surface area is 183 Å². The highest BCUT2D eigenvalue weighted by Gasteiger charge is 2.27. The van der Waals surface area contributed by atoms with Crippen molar-refractivity contribution in [2.24, 2.45) is 12.0 Å². The first-order chi connectivity index (χ1) is 14.9. The summed E-state index contributed by atoms with van der Waals surface area (Å²) in [5, 5.41) is 10.4. The molecule has 31 heavy (non-hydrogen) atoms. The van der Waals surface area contributed by atoms with E-state index in [4.69, 9.17) is 0 Å². The van der Waals surface area contributed by atoms with E-state index in [9.17, 15) is 9.59 Å². The van der Waals surface area contributed by atoms with Crippen molar-refractivity contribution in [3.8, 4) is 0 Å². The Bertz CT molecular complexity index is 953. The van der Waals surface area contributed by atoms with Crippen LogP contribution in [0.4, 0.5) is 5.69 Å². The minimum absolute atomic E-state index is 0.00547. The molecule has 0 spiro atoms. The lowest BCUT2D eigenvalue weighted by Gasteiger charge is -2.35. The van der Waals surface area contributed by atoms with Gasteiger partial charge in [-0.05, 0) is 31.0 Å². The van der Waals surface area contributed by atoms with Gasteiger partial charge in [0, 0.05) is 51.5 Å². The van der Waals surface area contributed by atoms with Crippen molar-refractivity contribution in [2.45, 2.75) is 32.9 Å². The van der Waals surface area contributed by atoms with Crippen LogP contribution in [-0.4, -0.2) is 65.2 Å². The van der Waals surface area contributed by atoms with E-state index in [1.54, 1.807) is 22.8 Å². The van der Waals surface area contributed by atoms with Gasteiger partial charge in [-0.15, -0.1) is 0 Å². The van der Waals surface area contributed by atoms with Crippen LogP contribution in [0.15, 0.2) is 41.7 Å². The zero-order valence-electron chi connectivity index (χ0n) is 18.6. The highest BCUT2D eigenvalue weighted by atomic mass is 16.2.